The van der Waals surface area contributed by atoms with Gasteiger partial charge in [0.15, 0.2) is 29.1 Å². The number of amides is 1. The van der Waals surface area contributed by atoms with Crippen LogP contribution in [-0.2, 0) is 11.8 Å². The van der Waals surface area contributed by atoms with Gasteiger partial charge in [0.1, 0.15) is 17.2 Å². The molecule has 4 rings (SSSR count). The van der Waals surface area contributed by atoms with Crippen molar-refractivity contribution in [2.75, 3.05) is 29.6 Å². The van der Waals surface area contributed by atoms with Crippen LogP contribution in [0.4, 0.5) is 36.7 Å². The number of aryl methyl sites for hydroxylation is 1. The van der Waals surface area contributed by atoms with Gasteiger partial charge in [-0.05, 0) is 51.8 Å². The van der Waals surface area contributed by atoms with Crippen LogP contribution in [0.3, 0.4) is 0 Å². The Labute approximate surface area is 226 Å². The van der Waals surface area contributed by atoms with Crippen molar-refractivity contribution in [2.45, 2.75) is 64.1 Å². The highest BCUT2D eigenvalue weighted by molar-refractivity contribution is 5.94. The van der Waals surface area contributed by atoms with Crippen molar-refractivity contribution < 1.29 is 18.3 Å². The topological polar surface area (TPSA) is 120 Å². The van der Waals surface area contributed by atoms with E-state index in [0.717, 1.165) is 18.9 Å². The number of carbonyl (C=O) groups excluding carboxylic acids is 1. The van der Waals surface area contributed by atoms with Crippen LogP contribution in [0, 0.1) is 23.0 Å². The van der Waals surface area contributed by atoms with Crippen LogP contribution in [0.25, 0.3) is 10.9 Å². The normalized spacial score (nSPS) is 17.4. The summed E-state index contributed by atoms with van der Waals surface area (Å²) in [5.74, 6) is -0.636. The van der Waals surface area contributed by atoms with Crippen LogP contribution in [0.2, 0.25) is 0 Å². The Morgan fingerprint density at radius 2 is 1.82 bits per heavy atom. The summed E-state index contributed by atoms with van der Waals surface area (Å²) in [6.07, 6.45) is 2.64. The molecule has 0 bridgehead atoms. The molecule has 2 heterocycles. The van der Waals surface area contributed by atoms with Gasteiger partial charge in [-0.15, -0.1) is 0 Å². The van der Waals surface area contributed by atoms with Crippen molar-refractivity contribution in [3.05, 3.63) is 35.4 Å². The Kier molecular flexibility index (Phi) is 7.81. The van der Waals surface area contributed by atoms with E-state index in [-0.39, 0.29) is 29.3 Å². The summed E-state index contributed by atoms with van der Waals surface area (Å²) in [5, 5.41) is 23.6. The average molecular weight is 541 g/mol. The molecule has 1 amide bonds. The molecule has 1 fully saturated rings. The summed E-state index contributed by atoms with van der Waals surface area (Å²) >= 11 is 0. The van der Waals surface area contributed by atoms with Gasteiger partial charge in [0.2, 0.25) is 0 Å². The molecule has 1 aromatic carbocycles. The van der Waals surface area contributed by atoms with Crippen LogP contribution in [0.1, 0.15) is 52.0 Å². The molecule has 39 heavy (non-hydrogen) atoms. The van der Waals surface area contributed by atoms with E-state index in [4.69, 9.17) is 4.74 Å². The van der Waals surface area contributed by atoms with Gasteiger partial charge in [-0.25, -0.2) is 18.6 Å². The van der Waals surface area contributed by atoms with Crippen LogP contribution >= 0.6 is 0 Å². The number of pyridine rings is 1. The lowest BCUT2D eigenvalue weighted by Crippen LogP contribution is -2.50. The number of nitriles is 1. The van der Waals surface area contributed by atoms with E-state index in [1.807, 2.05) is 20.2 Å². The third-order valence-electron chi connectivity index (χ3n) is 6.45. The number of hydrogen-bond donors (Lipinski definition) is 3. The second kappa shape index (κ2) is 10.9. The molecule has 0 saturated heterocycles. The average Bonchev–Trinajstić information content (AvgIpc) is 3.18. The van der Waals surface area contributed by atoms with Gasteiger partial charge in [-0.2, -0.15) is 10.4 Å². The molecule has 3 aromatic rings. The molecule has 2 aromatic heterocycles. The number of fused-ring (bicyclic) bond motifs is 1. The van der Waals surface area contributed by atoms with Gasteiger partial charge < -0.3 is 25.6 Å². The lowest BCUT2D eigenvalue weighted by Gasteiger charge is -2.33. The maximum atomic E-state index is 15.1. The smallest absolute Gasteiger partial charge is 0.407 e. The fourth-order valence-electron chi connectivity index (χ4n) is 4.77. The highest BCUT2D eigenvalue weighted by Gasteiger charge is 2.30. The predicted molar refractivity (Wildman–Crippen MR) is 146 cm³/mol. The van der Waals surface area contributed by atoms with Crippen molar-refractivity contribution in [2.24, 2.45) is 7.05 Å². The summed E-state index contributed by atoms with van der Waals surface area (Å²) in [6, 6.07) is 5.42. The van der Waals surface area contributed by atoms with Gasteiger partial charge in [-0.1, -0.05) is 12.8 Å². The number of alkyl carbamates (subject to hydrolysis) is 1. The third-order valence-corrected chi connectivity index (χ3v) is 6.45. The molecular weight excluding hydrogens is 506 g/mol. The minimum atomic E-state index is -0.706. The van der Waals surface area contributed by atoms with E-state index in [1.165, 1.54) is 10.7 Å². The van der Waals surface area contributed by atoms with Crippen LogP contribution in [0.5, 0.6) is 0 Å². The van der Waals surface area contributed by atoms with Crippen molar-refractivity contribution in [1.82, 2.24) is 20.1 Å². The molecule has 1 aliphatic carbocycles. The van der Waals surface area contributed by atoms with Crippen molar-refractivity contribution in [3.8, 4) is 6.07 Å². The van der Waals surface area contributed by atoms with Crippen LogP contribution < -0.4 is 20.9 Å². The second-order valence-electron chi connectivity index (χ2n) is 10.9. The van der Waals surface area contributed by atoms with Gasteiger partial charge >= 0.3 is 6.09 Å². The highest BCUT2D eigenvalue weighted by Crippen LogP contribution is 2.32. The largest absolute Gasteiger partial charge is 0.444 e. The van der Waals surface area contributed by atoms with E-state index in [1.54, 1.807) is 38.8 Å². The quantitative estimate of drug-likeness (QED) is 0.391. The molecule has 208 valence electrons. The minimum absolute atomic E-state index is 0.0374. The van der Waals surface area contributed by atoms with Crippen molar-refractivity contribution in [1.29, 1.82) is 5.26 Å². The Bertz CT molecular complexity index is 1420. The standard InChI is InChI=1S/C27H34F2N8O2/c1-27(2,3)39-26(38)33-21-10-8-7-9-20(21)32-24-19(29)11-15(14-30)23(34-24)31-16-12-17-22(18(28)13-16)37(6)35-25(17)36(4)5/h11-13,20-21H,7-10H2,1-6H3,(H,33,38)(H2,31,32,34)/t20-,21+/m1/s1. The summed E-state index contributed by atoms with van der Waals surface area (Å²) < 4.78 is 37.0. The Morgan fingerprint density at radius 3 is 2.46 bits per heavy atom. The lowest BCUT2D eigenvalue weighted by molar-refractivity contribution is 0.0488. The highest BCUT2D eigenvalue weighted by atomic mass is 19.1. The SMILES string of the molecule is CN(C)c1nn(C)c2c(F)cc(Nc3nc(N[C@@H]4CCCC[C@@H]4NC(=O)OC(C)(C)C)c(F)cc3C#N)cc12. The maximum absolute atomic E-state index is 15.1. The Hall–Kier alpha value is -4.14. The fourth-order valence-corrected chi connectivity index (χ4v) is 4.77. The first-order valence-electron chi connectivity index (χ1n) is 12.8. The van der Waals surface area contributed by atoms with Crippen LogP contribution in [0.15, 0.2) is 18.2 Å². The zero-order valence-electron chi connectivity index (χ0n) is 23.0. The predicted octanol–water partition coefficient (Wildman–Crippen LogP) is 5.18. The number of nitrogens with zero attached hydrogens (tertiary/aromatic N) is 5. The number of rotatable bonds is 6. The summed E-state index contributed by atoms with van der Waals surface area (Å²) in [4.78, 5) is 18.5. The van der Waals surface area contributed by atoms with Gasteiger partial charge in [0.05, 0.1) is 11.6 Å². The zero-order chi connectivity index (χ0) is 28.5. The van der Waals surface area contributed by atoms with E-state index < -0.39 is 23.3 Å². The first kappa shape index (κ1) is 27.9. The Morgan fingerprint density at radius 1 is 1.13 bits per heavy atom. The summed E-state index contributed by atoms with van der Waals surface area (Å²) in [6.45, 7) is 5.35. The molecule has 10 nitrogen and oxygen atoms in total. The van der Waals surface area contributed by atoms with Crippen molar-refractivity contribution in [3.63, 3.8) is 0 Å². The summed E-state index contributed by atoms with van der Waals surface area (Å²) in [7, 11) is 5.28. The molecule has 3 N–H and O–H groups in total. The third kappa shape index (κ3) is 6.30. The zero-order valence-corrected chi connectivity index (χ0v) is 23.0. The number of hydrogen-bond acceptors (Lipinski definition) is 8. The molecule has 0 radical (unpaired) electrons. The summed E-state index contributed by atoms with van der Waals surface area (Å²) in [5.41, 5.74) is -0.0151. The molecule has 0 spiro atoms. The number of ether oxygens (including phenoxy) is 1. The second-order valence-corrected chi connectivity index (χ2v) is 10.9. The van der Waals surface area contributed by atoms with E-state index >= 15 is 8.78 Å². The lowest BCUT2D eigenvalue weighted by atomic mass is 9.90. The number of anilines is 4. The molecule has 0 aliphatic heterocycles. The maximum Gasteiger partial charge on any atom is 0.407 e. The first-order valence-corrected chi connectivity index (χ1v) is 12.8. The van der Waals surface area contributed by atoms with E-state index in [9.17, 15) is 10.1 Å². The number of carbonyl (C=O) groups is 1. The molecule has 1 saturated carbocycles. The van der Waals surface area contributed by atoms with Gasteiger partial charge in [0.25, 0.3) is 0 Å². The number of aromatic nitrogens is 3. The van der Waals surface area contributed by atoms with Crippen LogP contribution in [-0.4, -0.2) is 52.6 Å². The molecule has 2 atom stereocenters. The first-order chi connectivity index (χ1) is 18.4. The molecular formula is C27H34F2N8O2. The number of benzene rings is 1. The molecule has 12 heteroatoms. The van der Waals surface area contributed by atoms with E-state index in [2.05, 4.69) is 26.0 Å². The number of nitrogens with one attached hydrogen (secondary N) is 3. The Balaban J connectivity index is 1.62. The van der Waals surface area contributed by atoms with Gasteiger partial charge in [-0.3, -0.25) is 4.68 Å². The molecule has 1 aliphatic rings. The van der Waals surface area contributed by atoms with Gasteiger partial charge in [0, 0.05) is 38.3 Å². The molecule has 0 unspecified atom stereocenters. The number of halogens is 2. The monoisotopic (exact) mass is 540 g/mol. The fraction of sp³-hybridized carbons (Fsp3) is 0.481. The van der Waals surface area contributed by atoms with Crippen molar-refractivity contribution >= 4 is 40.1 Å². The minimum Gasteiger partial charge on any atom is -0.444 e. The van der Waals surface area contributed by atoms with E-state index in [0.29, 0.717) is 35.2 Å².